The van der Waals surface area contributed by atoms with E-state index in [0.29, 0.717) is 31.3 Å². The van der Waals surface area contributed by atoms with E-state index in [1.165, 1.54) is 4.68 Å². The molecule has 1 saturated heterocycles. The number of hydrogen-bond acceptors (Lipinski definition) is 5. The van der Waals surface area contributed by atoms with E-state index in [0.717, 1.165) is 31.5 Å². The van der Waals surface area contributed by atoms with Gasteiger partial charge in [0, 0.05) is 37.1 Å². The van der Waals surface area contributed by atoms with Crippen molar-refractivity contribution in [3.8, 4) is 5.88 Å². The number of carbonyl (C=O) groups is 1. The van der Waals surface area contributed by atoms with Crippen molar-refractivity contribution in [2.24, 2.45) is 0 Å². The zero-order valence-electron chi connectivity index (χ0n) is 16.7. The second kappa shape index (κ2) is 7.07. The predicted octanol–water partition coefficient (Wildman–Crippen LogP) is 1.82. The molecule has 0 radical (unpaired) electrons. The molecule has 150 valence electrons. The number of hydrogen-bond donors (Lipinski definition) is 0. The highest BCUT2D eigenvalue weighted by atomic mass is 16.5. The fourth-order valence-corrected chi connectivity index (χ4v) is 3.79. The van der Waals surface area contributed by atoms with Gasteiger partial charge in [-0.15, -0.1) is 0 Å². The number of carbonyl (C=O) groups excluding carboxylic acids is 1. The number of aromatic nitrogens is 4. The first-order valence-corrected chi connectivity index (χ1v) is 9.93. The smallest absolute Gasteiger partial charge is 0.274 e. The largest absolute Gasteiger partial charge is 0.478 e. The lowest BCUT2D eigenvalue weighted by molar-refractivity contribution is 0.0713. The van der Waals surface area contributed by atoms with Crippen LogP contribution < -0.4 is 10.3 Å². The Labute approximate surface area is 164 Å². The first-order chi connectivity index (χ1) is 13.3. The molecule has 8 nitrogen and oxygen atoms in total. The van der Waals surface area contributed by atoms with Crippen LogP contribution in [0, 0.1) is 0 Å². The Bertz CT molecular complexity index is 917. The molecule has 0 spiro atoms. The summed E-state index contributed by atoms with van der Waals surface area (Å²) in [5, 5.41) is 8.97. The highest BCUT2D eigenvalue weighted by Crippen LogP contribution is 2.24. The minimum Gasteiger partial charge on any atom is -0.478 e. The van der Waals surface area contributed by atoms with Crippen molar-refractivity contribution in [3.05, 3.63) is 39.9 Å². The van der Waals surface area contributed by atoms with Crippen LogP contribution in [0.4, 0.5) is 0 Å². The first-order valence-electron chi connectivity index (χ1n) is 9.93. The van der Waals surface area contributed by atoms with Gasteiger partial charge in [0.2, 0.25) is 5.88 Å². The number of ether oxygens (including phenoxy) is 1. The van der Waals surface area contributed by atoms with Crippen LogP contribution in [0.25, 0.3) is 0 Å². The average Bonchev–Trinajstić information content (AvgIpc) is 3.28. The van der Waals surface area contributed by atoms with Crippen LogP contribution in [-0.4, -0.2) is 49.6 Å². The second-order valence-electron chi connectivity index (χ2n) is 8.58. The third-order valence-electron chi connectivity index (χ3n) is 5.38. The number of fused-ring (bicyclic) bond motifs is 1. The van der Waals surface area contributed by atoms with Crippen LogP contribution in [-0.2, 0) is 18.5 Å². The molecule has 4 heterocycles. The van der Waals surface area contributed by atoms with Crippen molar-refractivity contribution < 1.29 is 9.53 Å². The summed E-state index contributed by atoms with van der Waals surface area (Å²) in [4.78, 5) is 27.2. The van der Waals surface area contributed by atoms with E-state index in [9.17, 15) is 9.59 Å². The summed E-state index contributed by atoms with van der Waals surface area (Å²) in [7, 11) is 0. The molecule has 4 rings (SSSR count). The molecule has 8 heteroatoms. The van der Waals surface area contributed by atoms with Gasteiger partial charge in [-0.05, 0) is 18.9 Å². The van der Waals surface area contributed by atoms with Gasteiger partial charge >= 0.3 is 0 Å². The summed E-state index contributed by atoms with van der Waals surface area (Å²) in [5.74, 6) is 0.550. The van der Waals surface area contributed by atoms with Crippen molar-refractivity contribution in [1.82, 2.24) is 24.5 Å². The summed E-state index contributed by atoms with van der Waals surface area (Å²) in [6, 6.07) is 5.01. The van der Waals surface area contributed by atoms with Gasteiger partial charge in [-0.1, -0.05) is 20.8 Å². The second-order valence-corrected chi connectivity index (χ2v) is 8.58. The Balaban J connectivity index is 1.55. The Morgan fingerprint density at radius 3 is 2.79 bits per heavy atom. The monoisotopic (exact) mass is 385 g/mol. The summed E-state index contributed by atoms with van der Waals surface area (Å²) in [5.41, 5.74) is 0.989. The van der Waals surface area contributed by atoms with E-state index in [-0.39, 0.29) is 22.9 Å². The van der Waals surface area contributed by atoms with Crippen LogP contribution in [0.2, 0.25) is 0 Å². The van der Waals surface area contributed by atoms with Crippen LogP contribution in [0.3, 0.4) is 0 Å². The molecule has 1 fully saturated rings. The van der Waals surface area contributed by atoms with E-state index < -0.39 is 0 Å². The van der Waals surface area contributed by atoms with Gasteiger partial charge in [-0.2, -0.15) is 10.2 Å². The Hall–Kier alpha value is -2.64. The van der Waals surface area contributed by atoms with Gasteiger partial charge < -0.3 is 9.64 Å². The van der Waals surface area contributed by atoms with Gasteiger partial charge in [0.05, 0.1) is 24.9 Å². The first kappa shape index (κ1) is 18.7. The SMILES string of the molecule is CC(C)(C)c1ccc(=O)n(CC2CCCN2C(=O)c2cc3n(n2)CCCO3)n1. The minimum atomic E-state index is -0.143. The normalized spacial score (nSPS) is 19.4. The molecule has 2 aromatic heterocycles. The van der Waals surface area contributed by atoms with E-state index in [4.69, 9.17) is 4.74 Å². The minimum absolute atomic E-state index is 0.0624. The van der Waals surface area contributed by atoms with Gasteiger partial charge in [0.1, 0.15) is 0 Å². The molecule has 0 aliphatic carbocycles. The summed E-state index contributed by atoms with van der Waals surface area (Å²) in [6.45, 7) is 8.70. The van der Waals surface area contributed by atoms with Crippen molar-refractivity contribution in [1.29, 1.82) is 0 Å². The topological polar surface area (TPSA) is 82.2 Å². The summed E-state index contributed by atoms with van der Waals surface area (Å²) >= 11 is 0. The van der Waals surface area contributed by atoms with E-state index in [2.05, 4.69) is 31.0 Å². The zero-order valence-corrected chi connectivity index (χ0v) is 16.7. The van der Waals surface area contributed by atoms with E-state index >= 15 is 0 Å². The molecule has 1 unspecified atom stereocenters. The molecule has 0 N–H and O–H groups in total. The maximum atomic E-state index is 13.1. The number of aryl methyl sites for hydroxylation is 1. The van der Waals surface area contributed by atoms with Crippen molar-refractivity contribution in [2.45, 2.75) is 64.6 Å². The number of nitrogens with zero attached hydrogens (tertiary/aromatic N) is 5. The van der Waals surface area contributed by atoms with Crippen molar-refractivity contribution in [2.75, 3.05) is 13.2 Å². The number of likely N-dealkylation sites (tertiary alicyclic amines) is 1. The van der Waals surface area contributed by atoms with Crippen LogP contribution in [0.5, 0.6) is 5.88 Å². The maximum absolute atomic E-state index is 13.1. The molecule has 1 amide bonds. The maximum Gasteiger partial charge on any atom is 0.274 e. The van der Waals surface area contributed by atoms with Gasteiger partial charge in [0.15, 0.2) is 5.69 Å². The van der Waals surface area contributed by atoms with E-state index in [1.54, 1.807) is 22.9 Å². The fourth-order valence-electron chi connectivity index (χ4n) is 3.79. The lowest BCUT2D eigenvalue weighted by Crippen LogP contribution is -2.41. The third kappa shape index (κ3) is 3.55. The van der Waals surface area contributed by atoms with Gasteiger partial charge in [-0.25, -0.2) is 9.36 Å². The average molecular weight is 385 g/mol. The van der Waals surface area contributed by atoms with E-state index in [1.807, 2.05) is 4.90 Å². The molecule has 0 aromatic carbocycles. The molecule has 0 bridgehead atoms. The molecule has 0 saturated carbocycles. The lowest BCUT2D eigenvalue weighted by atomic mass is 9.92. The number of rotatable bonds is 3. The zero-order chi connectivity index (χ0) is 19.9. The van der Waals surface area contributed by atoms with Crippen LogP contribution >= 0.6 is 0 Å². The molecule has 2 aliphatic heterocycles. The summed E-state index contributed by atoms with van der Waals surface area (Å²) in [6.07, 6.45) is 2.66. The van der Waals surface area contributed by atoms with Gasteiger partial charge in [0.25, 0.3) is 11.5 Å². The lowest BCUT2D eigenvalue weighted by Gasteiger charge is -2.25. The predicted molar refractivity (Wildman–Crippen MR) is 104 cm³/mol. The molecule has 2 aliphatic rings. The highest BCUT2D eigenvalue weighted by Gasteiger charge is 2.32. The molecular formula is C20H27N5O3. The molecule has 2 aromatic rings. The Morgan fingerprint density at radius 1 is 1.21 bits per heavy atom. The Kier molecular flexibility index (Phi) is 4.72. The quantitative estimate of drug-likeness (QED) is 0.805. The van der Waals surface area contributed by atoms with Crippen LogP contribution in [0.15, 0.2) is 23.0 Å². The highest BCUT2D eigenvalue weighted by molar-refractivity contribution is 5.93. The van der Waals surface area contributed by atoms with Gasteiger partial charge in [-0.3, -0.25) is 9.59 Å². The third-order valence-corrected chi connectivity index (χ3v) is 5.38. The summed E-state index contributed by atoms with van der Waals surface area (Å²) < 4.78 is 8.82. The van der Waals surface area contributed by atoms with Crippen molar-refractivity contribution in [3.63, 3.8) is 0 Å². The standard InChI is InChI=1S/C20H27N5O3/c1-20(2,3)16-7-8-17(26)25(22-16)13-14-6-4-9-23(14)19(27)15-12-18-24(21-15)10-5-11-28-18/h7-8,12,14H,4-6,9-11,13H2,1-3H3. The number of amides is 1. The molecular weight excluding hydrogens is 358 g/mol. The molecule has 28 heavy (non-hydrogen) atoms. The fraction of sp³-hybridized carbons (Fsp3) is 0.600. The molecule has 1 atom stereocenters. The Morgan fingerprint density at radius 2 is 2.04 bits per heavy atom. The van der Waals surface area contributed by atoms with Crippen molar-refractivity contribution >= 4 is 5.91 Å². The van der Waals surface area contributed by atoms with Crippen LogP contribution in [0.1, 0.15) is 56.2 Å².